The number of amides is 1. The average Bonchev–Trinajstić information content (AvgIpc) is 3.53. The zero-order valence-electron chi connectivity index (χ0n) is 23.3. The first-order chi connectivity index (χ1) is 18.7. The summed E-state index contributed by atoms with van der Waals surface area (Å²) >= 11 is 0. The molecule has 3 aromatic rings. The highest BCUT2D eigenvalue weighted by molar-refractivity contribution is 5.73. The number of hydrogen-bond acceptors (Lipinski definition) is 9. The SMILES string of the molecule is COCOc1cc(-c2cnc(C)o2)ccc1-c1ccc(N2CCC(N(C(=O)OC(C)(C)C)C3CCC3)C2)nn1. The molecule has 0 spiro atoms. The van der Waals surface area contributed by atoms with E-state index >= 15 is 0 Å². The molecule has 2 aromatic heterocycles. The van der Waals surface area contributed by atoms with Crippen LogP contribution in [0, 0.1) is 6.92 Å². The molecule has 0 N–H and O–H groups in total. The number of aryl methyl sites for hydroxylation is 1. The smallest absolute Gasteiger partial charge is 0.410 e. The zero-order valence-corrected chi connectivity index (χ0v) is 23.3. The van der Waals surface area contributed by atoms with Crippen molar-refractivity contribution in [3.05, 3.63) is 42.4 Å². The van der Waals surface area contributed by atoms with Gasteiger partial charge in [-0.25, -0.2) is 9.78 Å². The van der Waals surface area contributed by atoms with Gasteiger partial charge in [0.1, 0.15) is 11.4 Å². The van der Waals surface area contributed by atoms with E-state index in [2.05, 4.69) is 20.1 Å². The Labute approximate surface area is 229 Å². The second kappa shape index (κ2) is 11.2. The Balaban J connectivity index is 1.32. The van der Waals surface area contributed by atoms with Gasteiger partial charge in [0.05, 0.1) is 17.9 Å². The highest BCUT2D eigenvalue weighted by Gasteiger charge is 2.40. The van der Waals surface area contributed by atoms with Gasteiger partial charge in [-0.1, -0.05) is 6.07 Å². The van der Waals surface area contributed by atoms with Gasteiger partial charge in [-0.05, 0) is 70.7 Å². The predicted molar refractivity (Wildman–Crippen MR) is 147 cm³/mol. The summed E-state index contributed by atoms with van der Waals surface area (Å²) in [4.78, 5) is 21.4. The predicted octanol–water partition coefficient (Wildman–Crippen LogP) is 5.46. The van der Waals surface area contributed by atoms with Gasteiger partial charge in [0, 0.05) is 44.3 Å². The molecule has 1 atom stereocenters. The van der Waals surface area contributed by atoms with E-state index in [0.717, 1.165) is 49.2 Å². The molecular weight excluding hydrogens is 498 g/mol. The molecule has 39 heavy (non-hydrogen) atoms. The van der Waals surface area contributed by atoms with Gasteiger partial charge < -0.3 is 28.4 Å². The molecule has 2 aliphatic rings. The lowest BCUT2D eigenvalue weighted by atomic mass is 9.90. The summed E-state index contributed by atoms with van der Waals surface area (Å²) in [5.41, 5.74) is 1.81. The van der Waals surface area contributed by atoms with Crippen LogP contribution in [-0.4, -0.2) is 70.9 Å². The topological polar surface area (TPSA) is 103 Å². The first kappa shape index (κ1) is 26.9. The molecule has 1 aromatic carbocycles. The molecule has 3 heterocycles. The standard InChI is InChI=1S/C29H37N5O5/c1-19-30-16-26(38-19)20-9-10-23(25(15-20)37-18-36-5)24-11-12-27(32-31-24)33-14-13-22(17-33)34(21-7-6-8-21)28(35)39-29(2,3)4/h9-12,15-16,21-22H,6-8,13-14,17-18H2,1-5H3. The van der Waals surface area contributed by atoms with E-state index in [9.17, 15) is 4.79 Å². The van der Waals surface area contributed by atoms with Crippen molar-refractivity contribution < 1.29 is 23.4 Å². The summed E-state index contributed by atoms with van der Waals surface area (Å²) in [6.45, 7) is 9.16. The molecule has 2 fully saturated rings. The number of carbonyl (C=O) groups excluding carboxylic acids is 1. The Morgan fingerprint density at radius 1 is 1.13 bits per heavy atom. The number of aromatic nitrogens is 3. The maximum Gasteiger partial charge on any atom is 0.410 e. The molecule has 10 heteroatoms. The lowest BCUT2D eigenvalue weighted by Gasteiger charge is -2.41. The molecule has 0 radical (unpaired) electrons. The van der Waals surface area contributed by atoms with Crippen molar-refractivity contribution in [1.29, 1.82) is 0 Å². The van der Waals surface area contributed by atoms with Crippen LogP contribution in [0.4, 0.5) is 10.6 Å². The molecule has 1 unspecified atom stereocenters. The Morgan fingerprint density at radius 2 is 1.95 bits per heavy atom. The van der Waals surface area contributed by atoms with Crippen LogP contribution >= 0.6 is 0 Å². The minimum atomic E-state index is -0.517. The number of benzene rings is 1. The number of nitrogens with zero attached hydrogens (tertiary/aromatic N) is 5. The van der Waals surface area contributed by atoms with E-state index in [-0.39, 0.29) is 25.0 Å². The molecule has 10 nitrogen and oxygen atoms in total. The number of anilines is 1. The van der Waals surface area contributed by atoms with Crippen LogP contribution in [0.3, 0.4) is 0 Å². The molecule has 1 amide bonds. The van der Waals surface area contributed by atoms with Crippen LogP contribution in [0.25, 0.3) is 22.6 Å². The third-order valence-electron chi connectivity index (χ3n) is 7.10. The molecule has 1 saturated heterocycles. The largest absolute Gasteiger partial charge is 0.467 e. The van der Waals surface area contributed by atoms with E-state index in [1.54, 1.807) is 13.3 Å². The van der Waals surface area contributed by atoms with Gasteiger partial charge >= 0.3 is 6.09 Å². The van der Waals surface area contributed by atoms with Crippen molar-refractivity contribution >= 4 is 11.9 Å². The number of oxazole rings is 1. The molecule has 5 rings (SSSR count). The van der Waals surface area contributed by atoms with Gasteiger partial charge in [0.25, 0.3) is 0 Å². The van der Waals surface area contributed by atoms with Crippen molar-refractivity contribution in [3.8, 4) is 28.3 Å². The van der Waals surface area contributed by atoms with Crippen molar-refractivity contribution in [1.82, 2.24) is 20.1 Å². The number of hydrogen-bond donors (Lipinski definition) is 0. The van der Waals surface area contributed by atoms with Crippen LogP contribution in [0.5, 0.6) is 5.75 Å². The Bertz CT molecular complexity index is 1280. The number of rotatable bonds is 8. The van der Waals surface area contributed by atoms with E-state index in [1.165, 1.54) is 0 Å². The summed E-state index contributed by atoms with van der Waals surface area (Å²) in [5.74, 6) is 2.65. The number of methoxy groups -OCH3 is 1. The van der Waals surface area contributed by atoms with Gasteiger partial charge in [-0.15, -0.1) is 10.2 Å². The maximum atomic E-state index is 13.1. The summed E-state index contributed by atoms with van der Waals surface area (Å²) in [7, 11) is 1.58. The third kappa shape index (κ3) is 6.16. The second-order valence-corrected chi connectivity index (χ2v) is 11.1. The normalized spacial score (nSPS) is 17.7. The highest BCUT2D eigenvalue weighted by atomic mass is 16.7. The fourth-order valence-corrected chi connectivity index (χ4v) is 5.01. The van der Waals surface area contributed by atoms with Crippen molar-refractivity contribution in [2.75, 3.05) is 31.9 Å². The quantitative estimate of drug-likeness (QED) is 0.348. The van der Waals surface area contributed by atoms with Crippen LogP contribution in [0.15, 0.2) is 40.9 Å². The second-order valence-electron chi connectivity index (χ2n) is 11.1. The molecule has 208 valence electrons. The van der Waals surface area contributed by atoms with E-state index < -0.39 is 5.60 Å². The third-order valence-corrected chi connectivity index (χ3v) is 7.10. The van der Waals surface area contributed by atoms with Crippen LogP contribution < -0.4 is 9.64 Å². The van der Waals surface area contributed by atoms with Crippen molar-refractivity contribution in [2.45, 2.75) is 71.1 Å². The highest BCUT2D eigenvalue weighted by Crippen LogP contribution is 2.35. The van der Waals surface area contributed by atoms with Gasteiger partial charge in [0.15, 0.2) is 24.3 Å². The Kier molecular flexibility index (Phi) is 7.74. The maximum absolute atomic E-state index is 13.1. The average molecular weight is 536 g/mol. The van der Waals surface area contributed by atoms with Crippen molar-refractivity contribution in [3.63, 3.8) is 0 Å². The first-order valence-corrected chi connectivity index (χ1v) is 13.5. The van der Waals surface area contributed by atoms with Crippen LogP contribution in [-0.2, 0) is 9.47 Å². The summed E-state index contributed by atoms with van der Waals surface area (Å²) in [5, 5.41) is 9.08. The lowest BCUT2D eigenvalue weighted by Crippen LogP contribution is -2.52. The number of carbonyl (C=O) groups is 1. The van der Waals surface area contributed by atoms with Gasteiger partial charge in [0.2, 0.25) is 0 Å². The van der Waals surface area contributed by atoms with Crippen molar-refractivity contribution in [2.24, 2.45) is 0 Å². The first-order valence-electron chi connectivity index (χ1n) is 13.5. The van der Waals surface area contributed by atoms with E-state index in [4.69, 9.17) is 18.6 Å². The fourth-order valence-electron chi connectivity index (χ4n) is 5.01. The molecule has 0 bridgehead atoms. The Hall–Kier alpha value is -3.66. The molecule has 1 aliphatic heterocycles. The minimum Gasteiger partial charge on any atom is -0.467 e. The van der Waals surface area contributed by atoms with Crippen LogP contribution in [0.2, 0.25) is 0 Å². The van der Waals surface area contributed by atoms with E-state index in [0.29, 0.717) is 29.6 Å². The van der Waals surface area contributed by atoms with Crippen LogP contribution in [0.1, 0.15) is 52.3 Å². The molecule has 1 aliphatic carbocycles. The number of ether oxygens (including phenoxy) is 3. The Morgan fingerprint density at radius 3 is 2.56 bits per heavy atom. The fraction of sp³-hybridized carbons (Fsp3) is 0.517. The molecular formula is C29H37N5O5. The summed E-state index contributed by atoms with van der Waals surface area (Å²) in [6, 6.07) is 10.0. The lowest BCUT2D eigenvalue weighted by molar-refractivity contribution is -0.00351. The molecule has 1 saturated carbocycles. The summed E-state index contributed by atoms with van der Waals surface area (Å²) in [6.07, 6.45) is 5.57. The summed E-state index contributed by atoms with van der Waals surface area (Å²) < 4.78 is 22.4. The minimum absolute atomic E-state index is 0.0907. The van der Waals surface area contributed by atoms with Gasteiger partial charge in [-0.3, -0.25) is 0 Å². The van der Waals surface area contributed by atoms with E-state index in [1.807, 2.05) is 62.9 Å². The van der Waals surface area contributed by atoms with Gasteiger partial charge in [-0.2, -0.15) is 0 Å². The zero-order chi connectivity index (χ0) is 27.6. The monoisotopic (exact) mass is 535 g/mol.